The first-order valence-corrected chi connectivity index (χ1v) is 11.0. The lowest BCUT2D eigenvalue weighted by molar-refractivity contribution is -0.121. The molecule has 3 aromatic rings. The Bertz CT molecular complexity index is 988. The number of carbonyl (C=O) groups excluding carboxylic acids is 1. The second-order valence-electron chi connectivity index (χ2n) is 8.04. The summed E-state index contributed by atoms with van der Waals surface area (Å²) in [6.45, 7) is 6.74. The highest BCUT2D eigenvalue weighted by atomic mass is 16.3. The third-order valence-electron chi connectivity index (χ3n) is 5.83. The first-order chi connectivity index (χ1) is 15.1. The van der Waals surface area contributed by atoms with Gasteiger partial charge in [-0.15, -0.1) is 10.2 Å². The Morgan fingerprint density at radius 1 is 1.10 bits per heavy atom. The SMILES string of the molecule is Cc1nn(-c2ccc(N3CCCC3)nn2)c(C)c1CCC(=O)NCCCc1ccco1. The molecule has 1 fully saturated rings. The van der Waals surface area contributed by atoms with Crippen molar-refractivity contribution in [1.29, 1.82) is 0 Å². The third kappa shape index (κ3) is 5.13. The maximum Gasteiger partial charge on any atom is 0.220 e. The number of amides is 1. The van der Waals surface area contributed by atoms with Gasteiger partial charge in [-0.3, -0.25) is 4.79 Å². The molecule has 0 aliphatic carbocycles. The van der Waals surface area contributed by atoms with Gasteiger partial charge in [-0.05, 0) is 69.4 Å². The largest absolute Gasteiger partial charge is 0.469 e. The molecule has 8 heteroatoms. The molecule has 0 unspecified atom stereocenters. The summed E-state index contributed by atoms with van der Waals surface area (Å²) < 4.78 is 7.14. The first kappa shape index (κ1) is 21.1. The van der Waals surface area contributed by atoms with Gasteiger partial charge in [0.15, 0.2) is 11.6 Å². The summed E-state index contributed by atoms with van der Waals surface area (Å²) in [4.78, 5) is 14.5. The molecule has 1 N–H and O–H groups in total. The normalized spacial score (nSPS) is 13.7. The van der Waals surface area contributed by atoms with Crippen LogP contribution in [0.3, 0.4) is 0 Å². The van der Waals surface area contributed by atoms with E-state index in [2.05, 4.69) is 25.5 Å². The molecule has 1 saturated heterocycles. The fraction of sp³-hybridized carbons (Fsp3) is 0.478. The van der Waals surface area contributed by atoms with Crippen molar-refractivity contribution in [2.24, 2.45) is 0 Å². The number of aryl methyl sites for hydroxylation is 2. The Morgan fingerprint density at radius 3 is 2.58 bits per heavy atom. The van der Waals surface area contributed by atoms with Crippen molar-refractivity contribution in [2.45, 2.75) is 52.4 Å². The zero-order valence-corrected chi connectivity index (χ0v) is 18.3. The molecule has 8 nitrogen and oxygen atoms in total. The lowest BCUT2D eigenvalue weighted by atomic mass is 10.1. The maximum absolute atomic E-state index is 12.3. The Kier molecular flexibility index (Phi) is 6.64. The summed E-state index contributed by atoms with van der Waals surface area (Å²) in [5, 5.41) is 16.4. The van der Waals surface area contributed by atoms with E-state index in [1.165, 1.54) is 12.8 Å². The molecule has 3 aromatic heterocycles. The molecule has 1 amide bonds. The predicted octanol–water partition coefficient (Wildman–Crippen LogP) is 3.15. The van der Waals surface area contributed by atoms with Gasteiger partial charge in [0.2, 0.25) is 5.91 Å². The molecule has 31 heavy (non-hydrogen) atoms. The number of nitrogens with zero attached hydrogens (tertiary/aromatic N) is 5. The summed E-state index contributed by atoms with van der Waals surface area (Å²) >= 11 is 0. The van der Waals surface area contributed by atoms with Crippen LogP contribution in [0.1, 0.15) is 48.4 Å². The van der Waals surface area contributed by atoms with E-state index < -0.39 is 0 Å². The minimum absolute atomic E-state index is 0.0563. The highest BCUT2D eigenvalue weighted by Crippen LogP contribution is 2.21. The number of hydrogen-bond acceptors (Lipinski definition) is 6. The Labute approximate surface area is 182 Å². The number of carbonyl (C=O) groups is 1. The minimum Gasteiger partial charge on any atom is -0.469 e. The van der Waals surface area contributed by atoms with E-state index >= 15 is 0 Å². The summed E-state index contributed by atoms with van der Waals surface area (Å²) in [6.07, 6.45) is 6.88. The molecule has 1 aliphatic rings. The molecular formula is C23H30N6O2. The van der Waals surface area contributed by atoms with Crippen LogP contribution in [0.15, 0.2) is 34.9 Å². The van der Waals surface area contributed by atoms with Crippen molar-refractivity contribution in [2.75, 3.05) is 24.5 Å². The van der Waals surface area contributed by atoms with Crippen LogP contribution in [-0.2, 0) is 17.6 Å². The smallest absolute Gasteiger partial charge is 0.220 e. The predicted molar refractivity (Wildman–Crippen MR) is 118 cm³/mol. The molecule has 1 aliphatic heterocycles. The van der Waals surface area contributed by atoms with Gasteiger partial charge in [0.25, 0.3) is 0 Å². The Morgan fingerprint density at radius 2 is 1.87 bits per heavy atom. The van der Waals surface area contributed by atoms with Crippen molar-refractivity contribution in [3.63, 3.8) is 0 Å². The lowest BCUT2D eigenvalue weighted by Gasteiger charge is -2.15. The average Bonchev–Trinajstić information content (AvgIpc) is 3.53. The van der Waals surface area contributed by atoms with E-state index in [0.29, 0.717) is 25.2 Å². The number of hydrogen-bond donors (Lipinski definition) is 1. The molecule has 164 valence electrons. The van der Waals surface area contributed by atoms with E-state index in [0.717, 1.165) is 54.5 Å². The topological polar surface area (TPSA) is 89.1 Å². The zero-order valence-electron chi connectivity index (χ0n) is 18.3. The number of aromatic nitrogens is 4. The molecule has 0 aromatic carbocycles. The van der Waals surface area contributed by atoms with E-state index in [1.807, 2.05) is 42.8 Å². The van der Waals surface area contributed by atoms with Gasteiger partial charge in [0.1, 0.15) is 5.76 Å². The number of furan rings is 1. The van der Waals surface area contributed by atoms with Gasteiger partial charge in [-0.25, -0.2) is 4.68 Å². The summed E-state index contributed by atoms with van der Waals surface area (Å²) in [5.74, 6) is 2.63. The Hall–Kier alpha value is -3.16. The molecule has 4 heterocycles. The number of rotatable bonds is 9. The van der Waals surface area contributed by atoms with Crippen molar-refractivity contribution >= 4 is 11.7 Å². The fourth-order valence-electron chi connectivity index (χ4n) is 4.08. The van der Waals surface area contributed by atoms with Crippen LogP contribution >= 0.6 is 0 Å². The van der Waals surface area contributed by atoms with Gasteiger partial charge in [-0.2, -0.15) is 5.10 Å². The summed E-state index contributed by atoms with van der Waals surface area (Å²) in [5.41, 5.74) is 3.02. The summed E-state index contributed by atoms with van der Waals surface area (Å²) in [6, 6.07) is 7.82. The molecule has 0 spiro atoms. The molecule has 0 bridgehead atoms. The molecular weight excluding hydrogens is 392 g/mol. The highest BCUT2D eigenvalue weighted by Gasteiger charge is 2.17. The van der Waals surface area contributed by atoms with Crippen LogP contribution < -0.4 is 10.2 Å². The van der Waals surface area contributed by atoms with Crippen LogP contribution in [0.4, 0.5) is 5.82 Å². The van der Waals surface area contributed by atoms with E-state index in [1.54, 1.807) is 6.26 Å². The van der Waals surface area contributed by atoms with Crippen molar-refractivity contribution in [1.82, 2.24) is 25.3 Å². The molecule has 0 atom stereocenters. The van der Waals surface area contributed by atoms with Gasteiger partial charge in [-0.1, -0.05) is 0 Å². The second-order valence-corrected chi connectivity index (χ2v) is 8.04. The fourth-order valence-corrected chi connectivity index (χ4v) is 4.08. The third-order valence-corrected chi connectivity index (χ3v) is 5.83. The van der Waals surface area contributed by atoms with E-state index in [-0.39, 0.29) is 5.91 Å². The molecule has 4 rings (SSSR count). The van der Waals surface area contributed by atoms with E-state index in [4.69, 9.17) is 4.42 Å². The van der Waals surface area contributed by atoms with E-state index in [9.17, 15) is 4.79 Å². The molecule has 0 radical (unpaired) electrons. The van der Waals surface area contributed by atoms with Gasteiger partial charge >= 0.3 is 0 Å². The highest BCUT2D eigenvalue weighted by molar-refractivity contribution is 5.76. The quantitative estimate of drug-likeness (QED) is 0.533. The van der Waals surface area contributed by atoms with Gasteiger partial charge in [0, 0.05) is 38.2 Å². The first-order valence-electron chi connectivity index (χ1n) is 11.0. The van der Waals surface area contributed by atoms with Crippen molar-refractivity contribution in [3.8, 4) is 5.82 Å². The monoisotopic (exact) mass is 422 g/mol. The molecule has 0 saturated carbocycles. The minimum atomic E-state index is 0.0563. The maximum atomic E-state index is 12.3. The Balaban J connectivity index is 1.30. The van der Waals surface area contributed by atoms with Gasteiger partial charge in [0.05, 0.1) is 12.0 Å². The van der Waals surface area contributed by atoms with Crippen molar-refractivity contribution in [3.05, 3.63) is 53.2 Å². The van der Waals surface area contributed by atoms with Crippen LogP contribution in [0.25, 0.3) is 5.82 Å². The summed E-state index contributed by atoms with van der Waals surface area (Å²) in [7, 11) is 0. The number of nitrogens with one attached hydrogen (secondary N) is 1. The van der Waals surface area contributed by atoms with Crippen molar-refractivity contribution < 1.29 is 9.21 Å². The standard InChI is InChI=1S/C23H30N6O2/c1-17-20(9-12-23(30)24-13-5-7-19-8-6-16-31-19)18(2)29(27-17)22-11-10-21(25-26-22)28-14-3-4-15-28/h6,8,10-11,16H,3-5,7,9,12-15H2,1-2H3,(H,24,30). The van der Waals surface area contributed by atoms with Crippen LogP contribution in [0, 0.1) is 13.8 Å². The second kappa shape index (κ2) is 9.76. The van der Waals surface area contributed by atoms with Crippen LogP contribution in [-0.4, -0.2) is 45.5 Å². The average molecular weight is 423 g/mol. The zero-order chi connectivity index (χ0) is 21.6. The van der Waals surface area contributed by atoms with Gasteiger partial charge < -0.3 is 14.6 Å². The number of anilines is 1. The lowest BCUT2D eigenvalue weighted by Crippen LogP contribution is -2.25. The van der Waals surface area contributed by atoms with Crippen LogP contribution in [0.2, 0.25) is 0 Å². The van der Waals surface area contributed by atoms with Crippen LogP contribution in [0.5, 0.6) is 0 Å².